The normalized spacial score (nSPS) is 21.3. The van der Waals surface area contributed by atoms with E-state index < -0.39 is 17.7 Å². The van der Waals surface area contributed by atoms with Crippen LogP contribution in [0.4, 0.5) is 10.5 Å². The lowest BCUT2D eigenvalue weighted by molar-refractivity contribution is -0.141. The number of piperidine rings is 1. The second-order valence-corrected chi connectivity index (χ2v) is 9.20. The van der Waals surface area contributed by atoms with Gasteiger partial charge in [-0.2, -0.15) is 0 Å². The number of halogens is 2. The lowest BCUT2D eigenvalue weighted by Gasteiger charge is -2.39. The Balaban J connectivity index is 1.50. The van der Waals surface area contributed by atoms with E-state index in [1.807, 2.05) is 0 Å². The number of carbonyl (C=O) groups excluding carboxylic acids is 3. The van der Waals surface area contributed by atoms with Crippen molar-refractivity contribution in [2.24, 2.45) is 0 Å². The molecular formula is C21H28Cl2N4O4. The van der Waals surface area contributed by atoms with E-state index in [1.165, 1.54) is 4.90 Å². The Morgan fingerprint density at radius 1 is 1.16 bits per heavy atom. The van der Waals surface area contributed by atoms with Gasteiger partial charge in [-0.15, -0.1) is 0 Å². The van der Waals surface area contributed by atoms with Gasteiger partial charge in [0, 0.05) is 44.8 Å². The molecular weight excluding hydrogens is 443 g/mol. The number of nitrogens with one attached hydrogen (secondary N) is 1. The molecule has 0 bridgehead atoms. The molecule has 3 rings (SSSR count). The third-order valence-corrected chi connectivity index (χ3v) is 6.71. The van der Waals surface area contributed by atoms with Crippen LogP contribution in [0.2, 0.25) is 10.0 Å². The molecule has 2 N–H and O–H groups in total. The van der Waals surface area contributed by atoms with E-state index in [4.69, 9.17) is 23.2 Å². The van der Waals surface area contributed by atoms with Gasteiger partial charge in [0.1, 0.15) is 6.04 Å². The summed E-state index contributed by atoms with van der Waals surface area (Å²) in [6.45, 7) is 5.55. The van der Waals surface area contributed by atoms with Crippen molar-refractivity contribution in [1.82, 2.24) is 14.7 Å². The van der Waals surface area contributed by atoms with Gasteiger partial charge in [-0.3, -0.25) is 9.59 Å². The summed E-state index contributed by atoms with van der Waals surface area (Å²) >= 11 is 11.9. The number of carbonyl (C=O) groups is 3. The predicted molar refractivity (Wildman–Crippen MR) is 119 cm³/mol. The van der Waals surface area contributed by atoms with Crippen molar-refractivity contribution in [2.75, 3.05) is 38.0 Å². The van der Waals surface area contributed by atoms with Crippen LogP contribution in [0.1, 0.15) is 33.1 Å². The molecule has 4 amide bonds. The quantitative estimate of drug-likeness (QED) is 0.707. The zero-order chi connectivity index (χ0) is 22.8. The van der Waals surface area contributed by atoms with E-state index in [0.717, 1.165) is 0 Å². The molecule has 2 fully saturated rings. The maximum Gasteiger partial charge on any atom is 0.322 e. The largest absolute Gasteiger partial charge is 0.390 e. The van der Waals surface area contributed by atoms with E-state index in [-0.39, 0.29) is 18.2 Å². The molecule has 1 aromatic rings. The highest BCUT2D eigenvalue weighted by Crippen LogP contribution is 2.26. The Morgan fingerprint density at radius 2 is 1.84 bits per heavy atom. The summed E-state index contributed by atoms with van der Waals surface area (Å²) in [7, 11) is 0. The zero-order valence-corrected chi connectivity index (χ0v) is 19.2. The summed E-state index contributed by atoms with van der Waals surface area (Å²) < 4.78 is 0. The van der Waals surface area contributed by atoms with Crippen LogP contribution < -0.4 is 5.32 Å². The van der Waals surface area contributed by atoms with Crippen molar-refractivity contribution in [1.29, 1.82) is 0 Å². The Hall–Kier alpha value is -2.03. The number of urea groups is 1. The first kappa shape index (κ1) is 23.6. The van der Waals surface area contributed by atoms with E-state index in [2.05, 4.69) is 5.32 Å². The summed E-state index contributed by atoms with van der Waals surface area (Å²) in [5.74, 6) is -0.208. The number of likely N-dealkylation sites (tertiary alicyclic amines) is 1. The van der Waals surface area contributed by atoms with Gasteiger partial charge in [0.25, 0.3) is 0 Å². The summed E-state index contributed by atoms with van der Waals surface area (Å²) in [4.78, 5) is 42.7. The molecule has 1 aromatic carbocycles. The maximum absolute atomic E-state index is 12.8. The van der Waals surface area contributed by atoms with Crippen molar-refractivity contribution in [2.45, 2.75) is 44.8 Å². The Bertz CT molecular complexity index is 854. The SMILES string of the molecule is C[C@H]1C(=O)N(CCC(=O)N2CCC(C)(O)CC2)CCN1C(=O)Nc1ccc(Cl)c(Cl)c1. The second-order valence-electron chi connectivity index (χ2n) is 8.38. The molecule has 0 spiro atoms. The minimum Gasteiger partial charge on any atom is -0.390 e. The lowest BCUT2D eigenvalue weighted by Crippen LogP contribution is -2.58. The number of hydrogen-bond donors (Lipinski definition) is 2. The number of piperazine rings is 1. The molecule has 170 valence electrons. The van der Waals surface area contributed by atoms with Gasteiger partial charge in [0.2, 0.25) is 11.8 Å². The van der Waals surface area contributed by atoms with Gasteiger partial charge in [-0.1, -0.05) is 23.2 Å². The fourth-order valence-corrected chi connectivity index (χ4v) is 4.12. The van der Waals surface area contributed by atoms with Gasteiger partial charge >= 0.3 is 6.03 Å². The van der Waals surface area contributed by atoms with E-state index >= 15 is 0 Å². The molecule has 0 aliphatic carbocycles. The average molecular weight is 471 g/mol. The molecule has 2 saturated heterocycles. The van der Waals surface area contributed by atoms with Gasteiger partial charge in [0.05, 0.1) is 15.6 Å². The third kappa shape index (κ3) is 5.81. The minimum absolute atomic E-state index is 0.0178. The van der Waals surface area contributed by atoms with Crippen LogP contribution in [0.15, 0.2) is 18.2 Å². The van der Waals surface area contributed by atoms with Crippen molar-refractivity contribution in [3.8, 4) is 0 Å². The second kappa shape index (κ2) is 9.63. The monoisotopic (exact) mass is 470 g/mol. The van der Waals surface area contributed by atoms with Crippen LogP contribution >= 0.6 is 23.2 Å². The number of hydrogen-bond acceptors (Lipinski definition) is 4. The zero-order valence-electron chi connectivity index (χ0n) is 17.7. The summed E-state index contributed by atoms with van der Waals surface area (Å²) in [6, 6.07) is 3.75. The summed E-state index contributed by atoms with van der Waals surface area (Å²) in [5, 5.41) is 13.5. The summed E-state index contributed by atoms with van der Waals surface area (Å²) in [6.07, 6.45) is 1.35. The van der Waals surface area contributed by atoms with Gasteiger partial charge < -0.3 is 25.1 Å². The first-order valence-electron chi connectivity index (χ1n) is 10.4. The summed E-state index contributed by atoms with van der Waals surface area (Å²) in [5.41, 5.74) is -0.219. The number of rotatable bonds is 4. The smallest absolute Gasteiger partial charge is 0.322 e. The Kier molecular flexibility index (Phi) is 7.34. The highest BCUT2D eigenvalue weighted by atomic mass is 35.5. The number of nitrogens with zero attached hydrogens (tertiary/aromatic N) is 3. The van der Waals surface area contributed by atoms with Crippen LogP contribution in [0.3, 0.4) is 0 Å². The van der Waals surface area contributed by atoms with E-state index in [0.29, 0.717) is 61.3 Å². The maximum atomic E-state index is 12.8. The minimum atomic E-state index is -0.712. The van der Waals surface area contributed by atoms with Crippen LogP contribution in [-0.4, -0.2) is 82.0 Å². The fraction of sp³-hybridized carbons (Fsp3) is 0.571. The van der Waals surface area contributed by atoms with Crippen molar-refractivity contribution in [3.63, 3.8) is 0 Å². The molecule has 10 heteroatoms. The lowest BCUT2D eigenvalue weighted by atomic mass is 9.94. The highest BCUT2D eigenvalue weighted by molar-refractivity contribution is 6.42. The molecule has 8 nitrogen and oxygen atoms in total. The molecule has 31 heavy (non-hydrogen) atoms. The fourth-order valence-electron chi connectivity index (χ4n) is 3.82. The number of benzene rings is 1. The van der Waals surface area contributed by atoms with Crippen LogP contribution in [0.25, 0.3) is 0 Å². The van der Waals surface area contributed by atoms with Gasteiger partial charge in [0.15, 0.2) is 0 Å². The molecule has 0 aromatic heterocycles. The Labute approximate surface area is 192 Å². The highest BCUT2D eigenvalue weighted by Gasteiger charge is 2.35. The standard InChI is InChI=1S/C21H28Cl2N4O4/c1-14-19(29)26(8-5-18(28)25-9-6-21(2,31)7-10-25)11-12-27(14)20(30)24-15-3-4-16(22)17(23)13-15/h3-4,13-14,31H,5-12H2,1-2H3,(H,24,30)/t14-/m0/s1. The molecule has 0 unspecified atom stereocenters. The average Bonchev–Trinajstić information content (AvgIpc) is 2.71. The molecule has 0 saturated carbocycles. The van der Waals surface area contributed by atoms with Gasteiger partial charge in [-0.25, -0.2) is 4.79 Å². The number of amides is 4. The van der Waals surface area contributed by atoms with Crippen LogP contribution in [0.5, 0.6) is 0 Å². The molecule has 0 radical (unpaired) electrons. The topological polar surface area (TPSA) is 93.2 Å². The Morgan fingerprint density at radius 3 is 2.48 bits per heavy atom. The van der Waals surface area contributed by atoms with Crippen molar-refractivity contribution in [3.05, 3.63) is 28.2 Å². The molecule has 2 heterocycles. The molecule has 2 aliphatic rings. The molecule has 2 aliphatic heterocycles. The first-order chi connectivity index (χ1) is 14.6. The third-order valence-electron chi connectivity index (χ3n) is 5.97. The van der Waals surface area contributed by atoms with Crippen molar-refractivity contribution < 1.29 is 19.5 Å². The van der Waals surface area contributed by atoms with Gasteiger partial charge in [-0.05, 0) is 44.9 Å². The molecule has 1 atom stereocenters. The van der Waals surface area contributed by atoms with E-state index in [1.54, 1.807) is 41.8 Å². The predicted octanol–water partition coefficient (Wildman–Crippen LogP) is 2.82. The van der Waals surface area contributed by atoms with E-state index in [9.17, 15) is 19.5 Å². The van der Waals surface area contributed by atoms with Crippen LogP contribution in [-0.2, 0) is 9.59 Å². The van der Waals surface area contributed by atoms with Crippen LogP contribution in [0, 0.1) is 0 Å². The number of anilines is 1. The first-order valence-corrected chi connectivity index (χ1v) is 11.1. The van der Waals surface area contributed by atoms with Crippen molar-refractivity contribution >= 4 is 46.7 Å². The number of aliphatic hydroxyl groups is 1.